The summed E-state index contributed by atoms with van der Waals surface area (Å²) in [5.41, 5.74) is 5.96. The lowest BCUT2D eigenvalue weighted by atomic mass is 10.1. The monoisotopic (exact) mass is 340 g/mol. The number of carbonyl (C=O) groups is 1. The molecule has 6 heteroatoms. The molecule has 3 nitrogen and oxygen atoms in total. The zero-order chi connectivity index (χ0) is 14.9. The Morgan fingerprint density at radius 3 is 2.65 bits per heavy atom. The van der Waals surface area contributed by atoms with Crippen molar-refractivity contribution < 1.29 is 13.6 Å². The van der Waals surface area contributed by atoms with Crippen LogP contribution in [0, 0.1) is 18.6 Å². The van der Waals surface area contributed by atoms with Crippen LogP contribution in [0.5, 0.6) is 0 Å². The molecular formula is C14H11BrF2N2O. The molecule has 0 aliphatic carbocycles. The molecule has 104 valence electrons. The number of hydrogen-bond acceptors (Lipinski definition) is 2. The van der Waals surface area contributed by atoms with Crippen LogP contribution < -0.4 is 11.1 Å². The van der Waals surface area contributed by atoms with Crippen LogP contribution in [0.3, 0.4) is 0 Å². The van der Waals surface area contributed by atoms with Gasteiger partial charge in [0.15, 0.2) is 0 Å². The van der Waals surface area contributed by atoms with E-state index in [1.807, 2.05) is 0 Å². The molecule has 0 spiro atoms. The number of anilines is 2. The second-order valence-corrected chi connectivity index (χ2v) is 5.10. The predicted molar refractivity (Wildman–Crippen MR) is 77.6 cm³/mol. The molecule has 2 aromatic carbocycles. The molecule has 0 unspecified atom stereocenters. The zero-order valence-corrected chi connectivity index (χ0v) is 12.1. The maximum atomic E-state index is 13.9. The van der Waals surface area contributed by atoms with Crippen molar-refractivity contribution in [3.05, 3.63) is 57.6 Å². The molecule has 0 saturated heterocycles. The third kappa shape index (κ3) is 2.80. The van der Waals surface area contributed by atoms with Crippen molar-refractivity contribution in [3.8, 4) is 0 Å². The Bertz CT molecular complexity index is 689. The number of rotatable bonds is 2. The van der Waals surface area contributed by atoms with Gasteiger partial charge in [0.2, 0.25) is 0 Å². The zero-order valence-electron chi connectivity index (χ0n) is 10.5. The van der Waals surface area contributed by atoms with Crippen molar-refractivity contribution in [2.45, 2.75) is 6.92 Å². The Morgan fingerprint density at radius 2 is 1.95 bits per heavy atom. The first-order valence-corrected chi connectivity index (χ1v) is 6.50. The van der Waals surface area contributed by atoms with Crippen molar-refractivity contribution in [1.82, 2.24) is 0 Å². The molecule has 3 N–H and O–H groups in total. The largest absolute Gasteiger partial charge is 0.399 e. The highest BCUT2D eigenvalue weighted by molar-refractivity contribution is 9.10. The smallest absolute Gasteiger partial charge is 0.261 e. The molecule has 0 aromatic heterocycles. The summed E-state index contributed by atoms with van der Waals surface area (Å²) < 4.78 is 28.0. The lowest BCUT2D eigenvalue weighted by molar-refractivity contribution is 0.101. The summed E-state index contributed by atoms with van der Waals surface area (Å²) in [6.45, 7) is 1.46. The van der Waals surface area contributed by atoms with E-state index in [1.165, 1.54) is 19.1 Å². The Labute approximate surface area is 122 Å². The van der Waals surface area contributed by atoms with Crippen LogP contribution in [0.25, 0.3) is 0 Å². The molecule has 0 atom stereocenters. The summed E-state index contributed by atoms with van der Waals surface area (Å²) in [5.74, 6) is -2.65. The lowest BCUT2D eigenvalue weighted by Gasteiger charge is -2.10. The van der Waals surface area contributed by atoms with Gasteiger partial charge in [-0.25, -0.2) is 8.78 Å². The molecule has 0 bridgehead atoms. The summed E-state index contributed by atoms with van der Waals surface area (Å²) in [4.78, 5) is 12.0. The minimum absolute atomic E-state index is 0.197. The van der Waals surface area contributed by atoms with E-state index in [-0.39, 0.29) is 5.56 Å². The van der Waals surface area contributed by atoms with E-state index in [1.54, 1.807) is 12.1 Å². The first-order valence-electron chi connectivity index (χ1n) is 5.71. The van der Waals surface area contributed by atoms with Crippen LogP contribution in [0.15, 0.2) is 34.8 Å². The average Bonchev–Trinajstić information content (AvgIpc) is 2.39. The van der Waals surface area contributed by atoms with Gasteiger partial charge in [-0.3, -0.25) is 4.79 Å². The van der Waals surface area contributed by atoms with E-state index in [4.69, 9.17) is 5.73 Å². The molecule has 1 amide bonds. The number of aryl methyl sites for hydroxylation is 1. The predicted octanol–water partition coefficient (Wildman–Crippen LogP) is 3.87. The maximum absolute atomic E-state index is 13.9. The molecule has 20 heavy (non-hydrogen) atoms. The van der Waals surface area contributed by atoms with Crippen molar-refractivity contribution in [2.24, 2.45) is 0 Å². The topological polar surface area (TPSA) is 55.1 Å². The van der Waals surface area contributed by atoms with E-state index >= 15 is 0 Å². The third-order valence-corrected chi connectivity index (χ3v) is 3.44. The fourth-order valence-corrected chi connectivity index (χ4v) is 2.03. The second kappa shape index (κ2) is 5.58. The second-order valence-electron chi connectivity index (χ2n) is 4.25. The number of halogens is 3. The first-order chi connectivity index (χ1) is 9.40. The molecule has 0 aliphatic heterocycles. The Morgan fingerprint density at radius 1 is 1.25 bits per heavy atom. The Balaban J connectivity index is 2.38. The van der Waals surface area contributed by atoms with Gasteiger partial charge >= 0.3 is 0 Å². The highest BCUT2D eigenvalue weighted by Gasteiger charge is 2.19. The van der Waals surface area contributed by atoms with Crippen LogP contribution >= 0.6 is 15.9 Å². The molecule has 0 fully saturated rings. The van der Waals surface area contributed by atoms with Crippen LogP contribution in [0.1, 0.15) is 15.9 Å². The summed E-state index contributed by atoms with van der Waals surface area (Å²) in [6.07, 6.45) is 0. The van der Waals surface area contributed by atoms with Gasteiger partial charge in [0.05, 0.1) is 5.69 Å². The number of nitrogens with two attached hydrogens (primary N) is 1. The fraction of sp³-hybridized carbons (Fsp3) is 0.0714. The standard InChI is InChI=1S/C14H11BrF2N2O/c1-7-2-5-10(16)12(13(7)17)14(20)19-11-6-8(18)3-4-9(11)15/h2-6H,18H2,1H3,(H,19,20). The molecular weight excluding hydrogens is 330 g/mol. The van der Waals surface area contributed by atoms with E-state index in [0.29, 0.717) is 15.8 Å². The number of nitrogens with one attached hydrogen (secondary N) is 1. The van der Waals surface area contributed by atoms with Gasteiger partial charge in [-0.05, 0) is 52.7 Å². The van der Waals surface area contributed by atoms with Gasteiger partial charge < -0.3 is 11.1 Å². The van der Waals surface area contributed by atoms with Gasteiger partial charge in [-0.15, -0.1) is 0 Å². The van der Waals surface area contributed by atoms with E-state index in [9.17, 15) is 13.6 Å². The molecule has 0 heterocycles. The highest BCUT2D eigenvalue weighted by Crippen LogP contribution is 2.26. The molecule has 2 rings (SSSR count). The van der Waals surface area contributed by atoms with E-state index in [0.717, 1.165) is 6.07 Å². The number of carbonyl (C=O) groups excluding carboxylic acids is 1. The molecule has 2 aromatic rings. The minimum atomic E-state index is -0.911. The summed E-state index contributed by atoms with van der Waals surface area (Å²) in [5, 5.41) is 2.43. The van der Waals surface area contributed by atoms with E-state index < -0.39 is 23.1 Å². The number of nitrogen functional groups attached to an aromatic ring is 1. The fourth-order valence-electron chi connectivity index (χ4n) is 1.69. The molecule has 0 aliphatic rings. The average molecular weight is 341 g/mol. The van der Waals surface area contributed by atoms with Crippen molar-refractivity contribution >= 4 is 33.2 Å². The third-order valence-electron chi connectivity index (χ3n) is 2.75. The lowest BCUT2D eigenvalue weighted by Crippen LogP contribution is -2.17. The van der Waals surface area contributed by atoms with Crippen LogP contribution in [-0.2, 0) is 0 Å². The normalized spacial score (nSPS) is 10.4. The maximum Gasteiger partial charge on any atom is 0.261 e. The van der Waals surface area contributed by atoms with Gasteiger partial charge in [-0.1, -0.05) is 6.07 Å². The van der Waals surface area contributed by atoms with Crippen molar-refractivity contribution in [2.75, 3.05) is 11.1 Å². The molecule has 0 radical (unpaired) electrons. The van der Waals surface area contributed by atoms with Gasteiger partial charge in [0.1, 0.15) is 17.2 Å². The quantitative estimate of drug-likeness (QED) is 0.815. The SMILES string of the molecule is Cc1ccc(F)c(C(=O)Nc2cc(N)ccc2Br)c1F. The first kappa shape index (κ1) is 14.5. The number of hydrogen-bond donors (Lipinski definition) is 2. The summed E-state index contributed by atoms with van der Waals surface area (Å²) in [7, 11) is 0. The van der Waals surface area contributed by atoms with E-state index in [2.05, 4.69) is 21.2 Å². The Hall–Kier alpha value is -1.95. The summed E-state index contributed by atoms with van der Waals surface area (Å²) >= 11 is 3.23. The van der Waals surface area contributed by atoms with Crippen LogP contribution in [0.4, 0.5) is 20.2 Å². The van der Waals surface area contributed by atoms with Crippen molar-refractivity contribution in [3.63, 3.8) is 0 Å². The van der Waals surface area contributed by atoms with Gasteiger partial charge in [0, 0.05) is 10.2 Å². The van der Waals surface area contributed by atoms with Gasteiger partial charge in [0.25, 0.3) is 5.91 Å². The summed E-state index contributed by atoms with van der Waals surface area (Å²) in [6, 6.07) is 7.09. The molecule has 0 saturated carbocycles. The number of benzene rings is 2. The van der Waals surface area contributed by atoms with Crippen molar-refractivity contribution in [1.29, 1.82) is 0 Å². The minimum Gasteiger partial charge on any atom is -0.399 e. The highest BCUT2D eigenvalue weighted by atomic mass is 79.9. The van der Waals surface area contributed by atoms with Crippen LogP contribution in [-0.4, -0.2) is 5.91 Å². The van der Waals surface area contributed by atoms with Gasteiger partial charge in [-0.2, -0.15) is 0 Å². The Kier molecular flexibility index (Phi) is 4.04. The van der Waals surface area contributed by atoms with Crippen LogP contribution in [0.2, 0.25) is 0 Å². The number of amides is 1.